The molecule has 0 N–H and O–H groups in total. The molecule has 0 unspecified atom stereocenters. The Hall–Kier alpha value is -2.09. The van der Waals surface area contributed by atoms with Gasteiger partial charge in [0.15, 0.2) is 0 Å². The highest BCUT2D eigenvalue weighted by molar-refractivity contribution is 7.89. The molecular weight excluding hydrogens is 400 g/mol. The molecule has 0 bridgehead atoms. The van der Waals surface area contributed by atoms with E-state index in [-0.39, 0.29) is 28.3 Å². The number of amides is 1. The number of piperidine rings is 1. The van der Waals surface area contributed by atoms with Crippen LogP contribution in [0.5, 0.6) is 5.75 Å². The third kappa shape index (κ3) is 4.16. The molecule has 1 fully saturated rings. The summed E-state index contributed by atoms with van der Waals surface area (Å²) in [5.41, 5.74) is 0.786. The summed E-state index contributed by atoms with van der Waals surface area (Å²) in [4.78, 5) is 14.6. The highest BCUT2D eigenvalue weighted by atomic mass is 35.5. The zero-order valence-corrected chi connectivity index (χ0v) is 17.4. The smallest absolute Gasteiger partial charge is 0.243 e. The predicted octanol–water partition coefficient (Wildman–Crippen LogP) is 3.41. The summed E-state index contributed by atoms with van der Waals surface area (Å²) in [6.07, 6.45) is 1.29. The Balaban J connectivity index is 1.78. The van der Waals surface area contributed by atoms with Crippen molar-refractivity contribution in [2.24, 2.45) is 5.92 Å². The fraction of sp³-hybridized carbons (Fsp3) is 0.350. The van der Waals surface area contributed by atoms with Gasteiger partial charge in [-0.3, -0.25) is 4.79 Å². The molecule has 2 aromatic carbocycles. The normalized spacial score (nSPS) is 17.9. The quantitative estimate of drug-likeness (QED) is 0.740. The number of halogens is 1. The molecule has 1 aliphatic heterocycles. The second kappa shape index (κ2) is 8.51. The second-order valence-corrected chi connectivity index (χ2v) is 9.08. The lowest BCUT2D eigenvalue weighted by atomic mass is 9.98. The zero-order chi connectivity index (χ0) is 20.3. The van der Waals surface area contributed by atoms with Gasteiger partial charge in [-0.05, 0) is 43.2 Å². The monoisotopic (exact) mass is 422 g/mol. The van der Waals surface area contributed by atoms with Gasteiger partial charge in [0, 0.05) is 25.8 Å². The van der Waals surface area contributed by atoms with Gasteiger partial charge in [-0.25, -0.2) is 8.42 Å². The molecule has 1 heterocycles. The average Bonchev–Trinajstić information content (AvgIpc) is 2.73. The summed E-state index contributed by atoms with van der Waals surface area (Å²) in [7, 11) is -0.555. The van der Waals surface area contributed by atoms with E-state index in [9.17, 15) is 13.2 Å². The number of sulfonamides is 1. The van der Waals surface area contributed by atoms with Gasteiger partial charge >= 0.3 is 0 Å². The first-order valence-electron chi connectivity index (χ1n) is 9.01. The second-order valence-electron chi connectivity index (χ2n) is 6.73. The van der Waals surface area contributed by atoms with E-state index in [1.165, 1.54) is 29.6 Å². The van der Waals surface area contributed by atoms with Gasteiger partial charge in [0.1, 0.15) is 5.75 Å². The molecule has 1 aliphatic rings. The van der Waals surface area contributed by atoms with Gasteiger partial charge in [0.05, 0.1) is 22.9 Å². The van der Waals surface area contributed by atoms with Crippen LogP contribution in [0.2, 0.25) is 5.02 Å². The molecule has 1 atom stereocenters. The van der Waals surface area contributed by atoms with Crippen molar-refractivity contribution in [3.63, 3.8) is 0 Å². The van der Waals surface area contributed by atoms with Gasteiger partial charge in [-0.15, -0.1) is 0 Å². The fourth-order valence-electron chi connectivity index (χ4n) is 3.37. The Morgan fingerprint density at radius 1 is 1.21 bits per heavy atom. The van der Waals surface area contributed by atoms with E-state index >= 15 is 0 Å². The van der Waals surface area contributed by atoms with E-state index < -0.39 is 10.0 Å². The number of carbonyl (C=O) groups is 1. The topological polar surface area (TPSA) is 66.9 Å². The van der Waals surface area contributed by atoms with Crippen LogP contribution in [-0.4, -0.2) is 45.9 Å². The molecule has 2 aromatic rings. The predicted molar refractivity (Wildman–Crippen MR) is 109 cm³/mol. The molecule has 6 nitrogen and oxygen atoms in total. The SMILES string of the molecule is COc1ccc(S(=O)(=O)N2CCC[C@H](C(=O)N(C)c3ccccc3)C2)cc1Cl. The van der Waals surface area contributed by atoms with Gasteiger partial charge in [0.2, 0.25) is 15.9 Å². The van der Waals surface area contributed by atoms with Crippen molar-refractivity contribution < 1.29 is 17.9 Å². The summed E-state index contributed by atoms with van der Waals surface area (Å²) in [5, 5.41) is 0.233. The molecule has 3 rings (SSSR count). The Bertz CT molecular complexity index is 950. The first-order chi connectivity index (χ1) is 13.3. The van der Waals surface area contributed by atoms with E-state index in [1.54, 1.807) is 11.9 Å². The molecule has 28 heavy (non-hydrogen) atoms. The van der Waals surface area contributed by atoms with Crippen molar-refractivity contribution >= 4 is 33.2 Å². The summed E-state index contributed by atoms with van der Waals surface area (Å²) in [6.45, 7) is 0.535. The Labute approximate surface area is 170 Å². The maximum Gasteiger partial charge on any atom is 0.243 e. The highest BCUT2D eigenvalue weighted by Crippen LogP contribution is 2.30. The van der Waals surface area contributed by atoms with Gasteiger partial charge in [0.25, 0.3) is 0 Å². The molecule has 8 heteroatoms. The molecule has 0 aromatic heterocycles. The number of hydrogen-bond acceptors (Lipinski definition) is 4. The van der Waals surface area contributed by atoms with Crippen LogP contribution in [0.1, 0.15) is 12.8 Å². The maximum atomic E-state index is 13.0. The number of methoxy groups -OCH3 is 1. The first-order valence-corrected chi connectivity index (χ1v) is 10.8. The molecule has 1 saturated heterocycles. The molecule has 0 aliphatic carbocycles. The van der Waals surface area contributed by atoms with E-state index in [0.29, 0.717) is 25.1 Å². The lowest BCUT2D eigenvalue weighted by Gasteiger charge is -2.33. The minimum atomic E-state index is -3.74. The summed E-state index contributed by atoms with van der Waals surface area (Å²) < 4.78 is 32.6. The third-order valence-electron chi connectivity index (χ3n) is 4.97. The number of hydrogen-bond donors (Lipinski definition) is 0. The standard InChI is InChI=1S/C20H23ClN2O4S/c1-22(16-8-4-3-5-9-16)20(24)15-7-6-12-23(14-15)28(25,26)17-10-11-19(27-2)18(21)13-17/h3-5,8-11,13,15H,6-7,12,14H2,1-2H3/t15-/m0/s1. The Morgan fingerprint density at radius 3 is 2.57 bits per heavy atom. The maximum absolute atomic E-state index is 13.0. The summed E-state index contributed by atoms with van der Waals surface area (Å²) >= 11 is 6.09. The van der Waals surface area contributed by atoms with Gasteiger partial charge in [-0.1, -0.05) is 29.8 Å². The molecule has 0 spiro atoms. The molecule has 150 valence electrons. The number of rotatable bonds is 5. The van der Waals surface area contributed by atoms with Gasteiger partial charge in [-0.2, -0.15) is 4.31 Å². The van der Waals surface area contributed by atoms with Crippen LogP contribution in [0.25, 0.3) is 0 Å². The Kier molecular flexibility index (Phi) is 6.27. The third-order valence-corrected chi connectivity index (χ3v) is 7.12. The van der Waals surface area contributed by atoms with E-state index in [4.69, 9.17) is 16.3 Å². The minimum Gasteiger partial charge on any atom is -0.495 e. The largest absolute Gasteiger partial charge is 0.495 e. The number of anilines is 1. The van der Waals surface area contributed by atoms with Crippen molar-refractivity contribution in [1.29, 1.82) is 0 Å². The van der Waals surface area contributed by atoms with Crippen molar-refractivity contribution in [2.45, 2.75) is 17.7 Å². The van der Waals surface area contributed by atoms with Crippen LogP contribution < -0.4 is 9.64 Å². The molecule has 1 amide bonds. The van der Waals surface area contributed by atoms with Crippen LogP contribution in [0.3, 0.4) is 0 Å². The summed E-state index contributed by atoms with van der Waals surface area (Å²) in [6, 6.07) is 13.7. The number of nitrogens with zero attached hydrogens (tertiary/aromatic N) is 2. The fourth-order valence-corrected chi connectivity index (χ4v) is 5.24. The lowest BCUT2D eigenvalue weighted by molar-refractivity contribution is -0.123. The molecule has 0 saturated carbocycles. The van der Waals surface area contributed by atoms with Crippen molar-refractivity contribution in [3.8, 4) is 5.75 Å². The van der Waals surface area contributed by atoms with E-state index in [1.807, 2.05) is 30.3 Å². The Morgan fingerprint density at radius 2 is 1.93 bits per heavy atom. The van der Waals surface area contributed by atoms with Crippen molar-refractivity contribution in [3.05, 3.63) is 53.6 Å². The van der Waals surface area contributed by atoms with E-state index in [2.05, 4.69) is 0 Å². The lowest BCUT2D eigenvalue weighted by Crippen LogP contribution is -2.45. The van der Waals surface area contributed by atoms with Crippen LogP contribution in [0.4, 0.5) is 5.69 Å². The number of para-hydroxylation sites is 1. The van der Waals surface area contributed by atoms with Crippen LogP contribution >= 0.6 is 11.6 Å². The van der Waals surface area contributed by atoms with Crippen molar-refractivity contribution in [2.75, 3.05) is 32.1 Å². The highest BCUT2D eigenvalue weighted by Gasteiger charge is 2.35. The molecular formula is C20H23ClN2O4S. The molecule has 0 radical (unpaired) electrons. The first kappa shape index (κ1) is 20.6. The van der Waals surface area contributed by atoms with Gasteiger partial charge < -0.3 is 9.64 Å². The summed E-state index contributed by atoms with van der Waals surface area (Å²) in [5.74, 6) is -0.0573. The average molecular weight is 423 g/mol. The van der Waals surface area contributed by atoms with Crippen LogP contribution in [-0.2, 0) is 14.8 Å². The zero-order valence-electron chi connectivity index (χ0n) is 15.8. The van der Waals surface area contributed by atoms with Crippen molar-refractivity contribution in [1.82, 2.24) is 4.31 Å². The number of carbonyl (C=O) groups excluding carboxylic acids is 1. The minimum absolute atomic E-state index is 0.0844. The van der Waals surface area contributed by atoms with Crippen LogP contribution in [0, 0.1) is 5.92 Å². The number of benzene rings is 2. The number of ether oxygens (including phenoxy) is 1. The van der Waals surface area contributed by atoms with Crippen LogP contribution in [0.15, 0.2) is 53.4 Å². The van der Waals surface area contributed by atoms with E-state index in [0.717, 1.165) is 5.69 Å².